The molecule has 0 aromatic carbocycles. The highest BCUT2D eigenvalue weighted by Crippen LogP contribution is 2.21. The first-order valence-corrected chi connectivity index (χ1v) is 5.45. The summed E-state index contributed by atoms with van der Waals surface area (Å²) in [6, 6.07) is 2.19. The monoisotopic (exact) mass is 194 g/mol. The van der Waals surface area contributed by atoms with Crippen LogP contribution in [0.25, 0.3) is 0 Å². The molecule has 1 aromatic heterocycles. The van der Waals surface area contributed by atoms with E-state index in [1.807, 2.05) is 0 Å². The molecule has 1 aliphatic heterocycles. The van der Waals surface area contributed by atoms with Crippen molar-refractivity contribution >= 4 is 0 Å². The van der Waals surface area contributed by atoms with Crippen molar-refractivity contribution in [3.63, 3.8) is 0 Å². The molecule has 0 aliphatic carbocycles. The zero-order valence-electron chi connectivity index (χ0n) is 8.99. The second kappa shape index (κ2) is 4.13. The fraction of sp³-hybridized carbons (Fsp3) is 0.727. The number of hydrogen-bond donors (Lipinski definition) is 0. The zero-order chi connectivity index (χ0) is 9.97. The fourth-order valence-corrected chi connectivity index (χ4v) is 1.94. The molecule has 0 N–H and O–H groups in total. The molecule has 78 valence electrons. The van der Waals surface area contributed by atoms with Crippen LogP contribution in [0.3, 0.4) is 0 Å². The molecule has 2 rings (SSSR count). The summed E-state index contributed by atoms with van der Waals surface area (Å²) in [5, 5.41) is 4.61. The van der Waals surface area contributed by atoms with E-state index < -0.39 is 0 Å². The van der Waals surface area contributed by atoms with E-state index in [0.29, 0.717) is 5.92 Å². The van der Waals surface area contributed by atoms with E-state index in [2.05, 4.69) is 29.7 Å². The molecular formula is C11H18N2O. The van der Waals surface area contributed by atoms with Crippen molar-refractivity contribution in [3.05, 3.63) is 17.5 Å². The zero-order valence-corrected chi connectivity index (χ0v) is 8.99. The topological polar surface area (TPSA) is 27.1 Å². The smallest absolute Gasteiger partial charge is 0.0885 e. The van der Waals surface area contributed by atoms with E-state index in [0.717, 1.165) is 19.8 Å². The summed E-state index contributed by atoms with van der Waals surface area (Å²) in [4.78, 5) is 0. The quantitative estimate of drug-likeness (QED) is 0.738. The Kier molecular flexibility index (Phi) is 2.87. The average molecular weight is 194 g/mol. The summed E-state index contributed by atoms with van der Waals surface area (Å²) in [5.41, 5.74) is 2.46. The molecule has 14 heavy (non-hydrogen) atoms. The highest BCUT2D eigenvalue weighted by Gasteiger charge is 2.15. The maximum absolute atomic E-state index is 5.39. The van der Waals surface area contributed by atoms with Crippen LogP contribution in [0.2, 0.25) is 0 Å². The van der Waals surface area contributed by atoms with Crippen LogP contribution < -0.4 is 0 Å². The number of ether oxygens (including phenoxy) is 1. The molecule has 1 unspecified atom stereocenters. The largest absolute Gasteiger partial charge is 0.373 e. The second-order valence-corrected chi connectivity index (χ2v) is 4.03. The van der Waals surface area contributed by atoms with E-state index in [9.17, 15) is 0 Å². The highest BCUT2D eigenvalue weighted by atomic mass is 16.5. The summed E-state index contributed by atoms with van der Waals surface area (Å²) in [7, 11) is 0. The lowest BCUT2D eigenvalue weighted by Crippen LogP contribution is -2.17. The third-order valence-electron chi connectivity index (χ3n) is 2.81. The van der Waals surface area contributed by atoms with Crippen LogP contribution in [-0.4, -0.2) is 16.4 Å². The van der Waals surface area contributed by atoms with Gasteiger partial charge in [0.1, 0.15) is 0 Å². The molecule has 2 heterocycles. The van der Waals surface area contributed by atoms with Crippen molar-refractivity contribution in [1.29, 1.82) is 0 Å². The number of nitrogens with zero attached hydrogens (tertiary/aromatic N) is 2. The Morgan fingerprint density at radius 1 is 1.64 bits per heavy atom. The Labute approximate surface area is 85.1 Å². The minimum Gasteiger partial charge on any atom is -0.373 e. The second-order valence-electron chi connectivity index (χ2n) is 4.03. The van der Waals surface area contributed by atoms with Crippen molar-refractivity contribution < 1.29 is 4.74 Å². The van der Waals surface area contributed by atoms with Crippen LogP contribution in [0.4, 0.5) is 0 Å². The van der Waals surface area contributed by atoms with Crippen LogP contribution in [0, 0.1) is 0 Å². The maximum Gasteiger partial charge on any atom is 0.0885 e. The maximum atomic E-state index is 5.39. The van der Waals surface area contributed by atoms with Gasteiger partial charge in [0.15, 0.2) is 0 Å². The Morgan fingerprint density at radius 2 is 2.50 bits per heavy atom. The minimum absolute atomic E-state index is 0.582. The van der Waals surface area contributed by atoms with Crippen LogP contribution in [0.15, 0.2) is 6.07 Å². The number of aromatic nitrogens is 2. The van der Waals surface area contributed by atoms with Gasteiger partial charge in [-0.1, -0.05) is 20.3 Å². The van der Waals surface area contributed by atoms with Crippen molar-refractivity contribution in [2.24, 2.45) is 0 Å². The van der Waals surface area contributed by atoms with Gasteiger partial charge in [0.2, 0.25) is 0 Å². The molecule has 0 spiro atoms. The first-order valence-electron chi connectivity index (χ1n) is 5.45. The molecule has 0 bridgehead atoms. The molecule has 3 heteroatoms. The number of hydrogen-bond acceptors (Lipinski definition) is 2. The van der Waals surface area contributed by atoms with Gasteiger partial charge in [0, 0.05) is 5.92 Å². The van der Waals surface area contributed by atoms with Gasteiger partial charge in [0.25, 0.3) is 0 Å². The van der Waals surface area contributed by atoms with Crippen LogP contribution in [0.1, 0.15) is 44.0 Å². The van der Waals surface area contributed by atoms with Gasteiger partial charge in [-0.25, -0.2) is 0 Å². The normalized spacial score (nSPS) is 17.9. The van der Waals surface area contributed by atoms with Gasteiger partial charge >= 0.3 is 0 Å². The lowest BCUT2D eigenvalue weighted by atomic mass is 10.0. The molecule has 0 saturated carbocycles. The van der Waals surface area contributed by atoms with Crippen molar-refractivity contribution in [2.75, 3.05) is 6.61 Å². The summed E-state index contributed by atoms with van der Waals surface area (Å²) >= 11 is 0. The molecule has 0 amide bonds. The predicted octanol–water partition coefficient (Wildman–Crippen LogP) is 2.32. The van der Waals surface area contributed by atoms with Crippen molar-refractivity contribution in [2.45, 2.75) is 45.8 Å². The summed E-state index contributed by atoms with van der Waals surface area (Å²) < 4.78 is 7.48. The van der Waals surface area contributed by atoms with Gasteiger partial charge in [-0.3, -0.25) is 4.68 Å². The average Bonchev–Trinajstić information content (AvgIpc) is 2.61. The van der Waals surface area contributed by atoms with E-state index >= 15 is 0 Å². The summed E-state index contributed by atoms with van der Waals surface area (Å²) in [6.07, 6.45) is 2.44. The van der Waals surface area contributed by atoms with Crippen molar-refractivity contribution in [1.82, 2.24) is 9.78 Å². The third-order valence-corrected chi connectivity index (χ3v) is 2.81. The minimum atomic E-state index is 0.582. The molecule has 3 nitrogen and oxygen atoms in total. The number of rotatable bonds is 3. The fourth-order valence-electron chi connectivity index (χ4n) is 1.94. The van der Waals surface area contributed by atoms with Crippen LogP contribution >= 0.6 is 0 Å². The van der Waals surface area contributed by atoms with E-state index in [1.165, 1.54) is 24.2 Å². The van der Waals surface area contributed by atoms with Crippen LogP contribution in [-0.2, 0) is 17.9 Å². The van der Waals surface area contributed by atoms with Crippen LogP contribution in [0.5, 0.6) is 0 Å². The van der Waals surface area contributed by atoms with Gasteiger partial charge in [-0.2, -0.15) is 5.10 Å². The van der Waals surface area contributed by atoms with Crippen molar-refractivity contribution in [3.8, 4) is 0 Å². The first-order chi connectivity index (χ1) is 6.81. The van der Waals surface area contributed by atoms with Gasteiger partial charge in [0.05, 0.1) is 31.1 Å². The molecule has 1 aliphatic rings. The standard InChI is InChI=1S/C11H18N2O/c1-3-4-9(2)11-7-10-8-14-6-5-13(10)12-11/h7,9H,3-6,8H2,1-2H3. The van der Waals surface area contributed by atoms with Gasteiger partial charge in [-0.05, 0) is 12.5 Å². The van der Waals surface area contributed by atoms with Gasteiger partial charge < -0.3 is 4.74 Å². The van der Waals surface area contributed by atoms with Gasteiger partial charge in [-0.15, -0.1) is 0 Å². The third kappa shape index (κ3) is 1.82. The molecule has 1 atom stereocenters. The molecule has 0 fully saturated rings. The summed E-state index contributed by atoms with van der Waals surface area (Å²) in [5.74, 6) is 0.582. The van der Waals surface area contributed by atoms with E-state index in [1.54, 1.807) is 0 Å². The number of fused-ring (bicyclic) bond motifs is 1. The Hall–Kier alpha value is -0.830. The Balaban J connectivity index is 2.15. The SMILES string of the molecule is CCCC(C)c1cc2n(n1)CCOC2. The lowest BCUT2D eigenvalue weighted by molar-refractivity contribution is 0.0800. The first kappa shape index (κ1) is 9.71. The summed E-state index contributed by atoms with van der Waals surface area (Å²) in [6.45, 7) is 6.91. The lowest BCUT2D eigenvalue weighted by Gasteiger charge is -2.13. The van der Waals surface area contributed by atoms with E-state index in [-0.39, 0.29) is 0 Å². The highest BCUT2D eigenvalue weighted by molar-refractivity contribution is 5.14. The Bertz CT molecular complexity index is 283. The molecule has 0 radical (unpaired) electrons. The molecule has 0 saturated heterocycles. The Morgan fingerprint density at radius 3 is 3.21 bits per heavy atom. The molecular weight excluding hydrogens is 176 g/mol. The molecule has 1 aromatic rings. The van der Waals surface area contributed by atoms with E-state index in [4.69, 9.17) is 4.74 Å². The predicted molar refractivity (Wildman–Crippen MR) is 55.2 cm³/mol.